The minimum atomic E-state index is -0.453. The first-order chi connectivity index (χ1) is 15.7. The van der Waals surface area contributed by atoms with Crippen LogP contribution in [-0.2, 0) is 6.42 Å². The smallest absolute Gasteiger partial charge is 0.165 e. The number of nitrogens with zero attached hydrogens (tertiary/aromatic N) is 3. The molecule has 0 radical (unpaired) electrons. The summed E-state index contributed by atoms with van der Waals surface area (Å²) in [5.74, 6) is 0.536. The lowest BCUT2D eigenvalue weighted by atomic mass is 10.1. The van der Waals surface area contributed by atoms with E-state index in [0.29, 0.717) is 23.8 Å². The van der Waals surface area contributed by atoms with Gasteiger partial charge in [0.25, 0.3) is 0 Å². The second-order valence-corrected chi connectivity index (χ2v) is 9.08. The van der Waals surface area contributed by atoms with Crippen molar-refractivity contribution in [3.63, 3.8) is 0 Å². The Balaban J connectivity index is 1.51. The summed E-state index contributed by atoms with van der Waals surface area (Å²) in [6, 6.07) is 13.7. The average Bonchev–Trinajstić information content (AvgIpc) is 3.48. The lowest BCUT2D eigenvalue weighted by Gasteiger charge is -2.15. The topological polar surface area (TPSA) is 76.7 Å². The van der Waals surface area contributed by atoms with Gasteiger partial charge in [0.2, 0.25) is 0 Å². The monoisotopic (exact) mass is 461 g/mol. The van der Waals surface area contributed by atoms with Crippen molar-refractivity contribution in [2.75, 3.05) is 11.9 Å². The van der Waals surface area contributed by atoms with Crippen molar-refractivity contribution < 1.29 is 4.39 Å². The van der Waals surface area contributed by atoms with Crippen LogP contribution in [0.15, 0.2) is 71.0 Å². The van der Waals surface area contributed by atoms with Crippen molar-refractivity contribution in [3.05, 3.63) is 82.4 Å². The van der Waals surface area contributed by atoms with E-state index in [1.54, 1.807) is 34.9 Å². The summed E-state index contributed by atoms with van der Waals surface area (Å²) in [5, 5.41) is 9.58. The van der Waals surface area contributed by atoms with Crippen molar-refractivity contribution in [1.29, 1.82) is 0 Å². The van der Waals surface area contributed by atoms with Crippen LogP contribution in [0.2, 0.25) is 0 Å². The van der Waals surface area contributed by atoms with Crippen LogP contribution in [0.3, 0.4) is 0 Å². The molecule has 3 N–H and O–H groups in total. The Bertz CT molecular complexity index is 1340. The molecule has 4 aromatic heterocycles. The number of rotatable bonds is 7. The minimum Gasteiger partial charge on any atom is -0.367 e. The van der Waals surface area contributed by atoms with E-state index in [-0.39, 0.29) is 6.04 Å². The zero-order chi connectivity index (χ0) is 21.9. The molecule has 5 aromatic rings. The number of hydrogen-bond acceptors (Lipinski definition) is 7. The van der Waals surface area contributed by atoms with E-state index in [2.05, 4.69) is 44.2 Å². The SMILES string of the molecule is NC(CNc1nc(-c2ccncc2F)nc2c(-c3ccsc3)csc12)Cc1ccccc1. The number of halogens is 1. The lowest BCUT2D eigenvalue weighted by Crippen LogP contribution is -2.31. The first-order valence-corrected chi connectivity index (χ1v) is 12.0. The molecule has 0 aliphatic heterocycles. The highest BCUT2D eigenvalue weighted by molar-refractivity contribution is 7.18. The standard InChI is InChI=1S/C24H20FN5S2/c25-20-12-27-8-6-18(20)23-29-21-19(16-7-9-31-13-16)14-32-22(21)24(30-23)28-11-17(26)10-15-4-2-1-3-5-15/h1-9,12-14,17H,10-11,26H2,(H,28,29,30). The number of thiophene rings is 2. The minimum absolute atomic E-state index is 0.0974. The normalized spacial score (nSPS) is 12.2. The molecule has 0 amide bonds. The van der Waals surface area contributed by atoms with Crippen LogP contribution in [0.5, 0.6) is 0 Å². The van der Waals surface area contributed by atoms with Crippen LogP contribution in [0, 0.1) is 5.82 Å². The van der Waals surface area contributed by atoms with Gasteiger partial charge in [-0.1, -0.05) is 30.3 Å². The molecule has 0 spiro atoms. The molecule has 0 saturated carbocycles. The third-order valence-electron chi connectivity index (χ3n) is 5.13. The summed E-state index contributed by atoms with van der Waals surface area (Å²) in [4.78, 5) is 13.3. The Labute approximate surface area is 192 Å². The van der Waals surface area contributed by atoms with E-state index in [0.717, 1.165) is 27.8 Å². The Morgan fingerprint density at radius 1 is 1.03 bits per heavy atom. The summed E-state index contributed by atoms with van der Waals surface area (Å²) < 4.78 is 15.4. The van der Waals surface area contributed by atoms with E-state index in [9.17, 15) is 4.39 Å². The summed E-state index contributed by atoms with van der Waals surface area (Å²) in [6.07, 6.45) is 3.47. The molecule has 8 heteroatoms. The second kappa shape index (κ2) is 9.12. The molecular weight excluding hydrogens is 441 g/mol. The zero-order valence-corrected chi connectivity index (χ0v) is 18.7. The predicted molar refractivity (Wildman–Crippen MR) is 131 cm³/mol. The molecule has 0 fully saturated rings. The van der Waals surface area contributed by atoms with Gasteiger partial charge < -0.3 is 11.1 Å². The summed E-state index contributed by atoms with van der Waals surface area (Å²) in [5.41, 5.74) is 10.8. The van der Waals surface area contributed by atoms with Gasteiger partial charge in [-0.3, -0.25) is 4.98 Å². The van der Waals surface area contributed by atoms with Gasteiger partial charge in [-0.2, -0.15) is 11.3 Å². The van der Waals surface area contributed by atoms with Crippen LogP contribution in [-0.4, -0.2) is 27.5 Å². The fraction of sp³-hybridized carbons (Fsp3) is 0.125. The average molecular weight is 462 g/mol. The van der Waals surface area contributed by atoms with Gasteiger partial charge in [0.1, 0.15) is 5.82 Å². The zero-order valence-electron chi connectivity index (χ0n) is 17.0. The third kappa shape index (κ3) is 4.25. The number of aromatic nitrogens is 3. The molecule has 160 valence electrons. The molecule has 5 rings (SSSR count). The van der Waals surface area contributed by atoms with Crippen molar-refractivity contribution in [3.8, 4) is 22.5 Å². The van der Waals surface area contributed by atoms with Gasteiger partial charge in [0.15, 0.2) is 11.6 Å². The van der Waals surface area contributed by atoms with E-state index in [1.165, 1.54) is 11.8 Å². The summed E-state index contributed by atoms with van der Waals surface area (Å²) >= 11 is 3.20. The number of nitrogens with one attached hydrogen (secondary N) is 1. The van der Waals surface area contributed by atoms with E-state index in [1.807, 2.05) is 23.6 Å². The van der Waals surface area contributed by atoms with Gasteiger partial charge >= 0.3 is 0 Å². The second-order valence-electron chi connectivity index (χ2n) is 7.42. The molecular formula is C24H20FN5S2. The molecule has 0 bridgehead atoms. The van der Waals surface area contributed by atoms with Crippen molar-refractivity contribution in [1.82, 2.24) is 15.0 Å². The van der Waals surface area contributed by atoms with Crippen LogP contribution in [0.25, 0.3) is 32.7 Å². The quantitative estimate of drug-likeness (QED) is 0.330. The number of benzene rings is 1. The van der Waals surface area contributed by atoms with Gasteiger partial charge in [0, 0.05) is 29.7 Å². The molecule has 4 heterocycles. The molecule has 1 atom stereocenters. The van der Waals surface area contributed by atoms with E-state index in [4.69, 9.17) is 10.7 Å². The number of pyridine rings is 1. The number of fused-ring (bicyclic) bond motifs is 1. The first kappa shape index (κ1) is 20.7. The third-order valence-corrected chi connectivity index (χ3v) is 6.79. The van der Waals surface area contributed by atoms with E-state index >= 15 is 0 Å². The van der Waals surface area contributed by atoms with Gasteiger partial charge in [0.05, 0.1) is 22.0 Å². The predicted octanol–water partition coefficient (Wildman–Crippen LogP) is 5.60. The fourth-order valence-corrected chi connectivity index (χ4v) is 5.19. The Kier molecular flexibility index (Phi) is 5.89. The van der Waals surface area contributed by atoms with Crippen molar-refractivity contribution in [2.24, 2.45) is 5.73 Å². The van der Waals surface area contributed by atoms with Crippen molar-refractivity contribution in [2.45, 2.75) is 12.5 Å². The molecule has 1 aromatic carbocycles. The highest BCUT2D eigenvalue weighted by Gasteiger charge is 2.18. The molecule has 5 nitrogen and oxygen atoms in total. The van der Waals surface area contributed by atoms with E-state index < -0.39 is 5.82 Å². The molecule has 0 aliphatic carbocycles. The summed E-state index contributed by atoms with van der Waals surface area (Å²) in [7, 11) is 0. The molecule has 32 heavy (non-hydrogen) atoms. The maximum atomic E-state index is 14.5. The fourth-order valence-electron chi connectivity index (χ4n) is 3.55. The van der Waals surface area contributed by atoms with Gasteiger partial charge in [-0.05, 0) is 40.4 Å². The van der Waals surface area contributed by atoms with Gasteiger partial charge in [-0.25, -0.2) is 14.4 Å². The largest absolute Gasteiger partial charge is 0.367 e. The maximum Gasteiger partial charge on any atom is 0.165 e. The first-order valence-electron chi connectivity index (χ1n) is 10.1. The summed E-state index contributed by atoms with van der Waals surface area (Å²) in [6.45, 7) is 0.533. The number of anilines is 1. The number of nitrogens with two attached hydrogens (primary N) is 1. The molecule has 1 unspecified atom stereocenters. The lowest BCUT2D eigenvalue weighted by molar-refractivity contribution is 0.623. The Hall–Kier alpha value is -3.20. The highest BCUT2D eigenvalue weighted by Crippen LogP contribution is 2.38. The maximum absolute atomic E-state index is 14.5. The van der Waals surface area contributed by atoms with Crippen LogP contribution < -0.4 is 11.1 Å². The number of hydrogen-bond donors (Lipinski definition) is 2. The van der Waals surface area contributed by atoms with Gasteiger partial charge in [-0.15, -0.1) is 11.3 Å². The van der Waals surface area contributed by atoms with Crippen LogP contribution >= 0.6 is 22.7 Å². The Morgan fingerprint density at radius 2 is 1.91 bits per heavy atom. The van der Waals surface area contributed by atoms with Crippen LogP contribution in [0.1, 0.15) is 5.56 Å². The molecule has 0 aliphatic rings. The molecule has 0 saturated heterocycles. The van der Waals surface area contributed by atoms with Crippen LogP contribution in [0.4, 0.5) is 10.2 Å². The highest BCUT2D eigenvalue weighted by atomic mass is 32.1. The Morgan fingerprint density at radius 3 is 2.69 bits per heavy atom. The van der Waals surface area contributed by atoms with Crippen molar-refractivity contribution >= 4 is 38.7 Å².